The highest BCUT2D eigenvalue weighted by Crippen LogP contribution is 2.31. The number of halogens is 1. The van der Waals surface area contributed by atoms with Gasteiger partial charge in [-0.05, 0) is 42.9 Å². The van der Waals surface area contributed by atoms with Gasteiger partial charge in [-0.3, -0.25) is 0 Å². The van der Waals surface area contributed by atoms with E-state index in [2.05, 4.69) is 28.1 Å². The predicted molar refractivity (Wildman–Crippen MR) is 91.8 cm³/mol. The molecule has 0 heterocycles. The molecule has 2 rings (SSSR count). The highest BCUT2D eigenvalue weighted by Gasteiger charge is 2.16. The summed E-state index contributed by atoms with van der Waals surface area (Å²) in [6.07, 6.45) is 10.9. The topological polar surface area (TPSA) is 18.5 Å². The molecular weight excluding hydrogens is 328 g/mol. The molecule has 3 heteroatoms. The van der Waals surface area contributed by atoms with Gasteiger partial charge in [-0.2, -0.15) is 0 Å². The quantitative estimate of drug-likeness (QED) is 0.612. The zero-order valence-electron chi connectivity index (χ0n) is 13.2. The molecule has 0 amide bonds. The summed E-state index contributed by atoms with van der Waals surface area (Å²) < 4.78 is 10.7. The van der Waals surface area contributed by atoms with Crippen LogP contribution in [-0.2, 0) is 6.42 Å². The second-order valence-electron chi connectivity index (χ2n) is 6.07. The number of hydrogen-bond acceptors (Lipinski definition) is 2. The summed E-state index contributed by atoms with van der Waals surface area (Å²) in [7, 11) is 3.37. The first-order chi connectivity index (χ1) is 10.2. The first-order valence-electron chi connectivity index (χ1n) is 8.08. The average Bonchev–Trinajstić information content (AvgIpc) is 2.53. The van der Waals surface area contributed by atoms with E-state index in [0.717, 1.165) is 23.8 Å². The normalized spacial score (nSPS) is 17.5. The van der Waals surface area contributed by atoms with E-state index >= 15 is 0 Å². The van der Waals surface area contributed by atoms with Gasteiger partial charge in [0, 0.05) is 4.83 Å². The second-order valence-corrected chi connectivity index (χ2v) is 7.37. The highest BCUT2D eigenvalue weighted by molar-refractivity contribution is 9.09. The Bertz CT molecular complexity index is 427. The van der Waals surface area contributed by atoms with Gasteiger partial charge in [-0.1, -0.05) is 54.1 Å². The summed E-state index contributed by atoms with van der Waals surface area (Å²) in [5, 5.41) is 0. The van der Waals surface area contributed by atoms with E-state index in [-0.39, 0.29) is 0 Å². The van der Waals surface area contributed by atoms with Crippen LogP contribution >= 0.6 is 15.9 Å². The molecule has 1 aromatic carbocycles. The van der Waals surface area contributed by atoms with Crippen molar-refractivity contribution in [1.82, 2.24) is 0 Å². The number of rotatable bonds is 7. The Balaban J connectivity index is 1.82. The minimum Gasteiger partial charge on any atom is -0.493 e. The van der Waals surface area contributed by atoms with Crippen molar-refractivity contribution in [3.63, 3.8) is 0 Å². The Kier molecular flexibility index (Phi) is 6.88. The first kappa shape index (κ1) is 16.7. The van der Waals surface area contributed by atoms with Crippen LogP contribution in [0.25, 0.3) is 0 Å². The Hall–Kier alpha value is -0.700. The van der Waals surface area contributed by atoms with Crippen LogP contribution < -0.4 is 9.47 Å². The van der Waals surface area contributed by atoms with E-state index in [1.165, 1.54) is 50.5 Å². The molecule has 118 valence electrons. The minimum absolute atomic E-state index is 0.553. The van der Waals surface area contributed by atoms with Crippen LogP contribution in [0, 0.1) is 5.92 Å². The Morgan fingerprint density at radius 2 is 1.81 bits per heavy atom. The van der Waals surface area contributed by atoms with E-state index in [9.17, 15) is 0 Å². The summed E-state index contributed by atoms with van der Waals surface area (Å²) in [4.78, 5) is 0.553. The monoisotopic (exact) mass is 354 g/mol. The summed E-state index contributed by atoms with van der Waals surface area (Å²) in [5.41, 5.74) is 1.30. The molecule has 1 atom stereocenters. The van der Waals surface area contributed by atoms with Crippen LogP contribution in [0.5, 0.6) is 11.5 Å². The van der Waals surface area contributed by atoms with E-state index in [4.69, 9.17) is 9.47 Å². The van der Waals surface area contributed by atoms with Crippen molar-refractivity contribution in [2.75, 3.05) is 14.2 Å². The van der Waals surface area contributed by atoms with Gasteiger partial charge < -0.3 is 9.47 Å². The standard InChI is InChI=1S/C18H27BrO2/c1-20-17-11-9-15(13-18(17)21-2)12-16(19)10-8-14-6-4-3-5-7-14/h9,11,13-14,16H,3-8,10,12H2,1-2H3. The van der Waals surface area contributed by atoms with Crippen LogP contribution in [0.2, 0.25) is 0 Å². The molecule has 2 nitrogen and oxygen atoms in total. The molecule has 1 aromatic rings. The summed E-state index contributed by atoms with van der Waals surface area (Å²) >= 11 is 3.85. The fraction of sp³-hybridized carbons (Fsp3) is 0.667. The van der Waals surface area contributed by atoms with E-state index in [1.54, 1.807) is 14.2 Å². The molecule has 0 aromatic heterocycles. The lowest BCUT2D eigenvalue weighted by Gasteiger charge is -2.22. The fourth-order valence-electron chi connectivity index (χ4n) is 3.26. The van der Waals surface area contributed by atoms with Crippen molar-refractivity contribution < 1.29 is 9.47 Å². The molecule has 1 saturated carbocycles. The maximum Gasteiger partial charge on any atom is 0.160 e. The molecule has 1 unspecified atom stereocenters. The van der Waals surface area contributed by atoms with E-state index in [1.807, 2.05) is 6.07 Å². The molecule has 0 aliphatic heterocycles. The average molecular weight is 355 g/mol. The van der Waals surface area contributed by atoms with Crippen molar-refractivity contribution in [3.05, 3.63) is 23.8 Å². The zero-order chi connectivity index (χ0) is 15.1. The maximum atomic E-state index is 5.37. The van der Waals surface area contributed by atoms with Crippen LogP contribution in [0.4, 0.5) is 0 Å². The smallest absolute Gasteiger partial charge is 0.160 e. The highest BCUT2D eigenvalue weighted by atomic mass is 79.9. The Morgan fingerprint density at radius 3 is 2.48 bits per heavy atom. The lowest BCUT2D eigenvalue weighted by atomic mass is 9.85. The number of ether oxygens (including phenoxy) is 2. The molecule has 0 N–H and O–H groups in total. The third-order valence-electron chi connectivity index (χ3n) is 4.52. The number of benzene rings is 1. The molecule has 1 fully saturated rings. The molecule has 0 spiro atoms. The third kappa shape index (κ3) is 5.21. The first-order valence-corrected chi connectivity index (χ1v) is 8.99. The molecular formula is C18H27BrO2. The third-order valence-corrected chi connectivity index (χ3v) is 5.30. The SMILES string of the molecule is COc1ccc(CC(Br)CCC2CCCCC2)cc1OC. The van der Waals surface area contributed by atoms with E-state index < -0.39 is 0 Å². The summed E-state index contributed by atoms with van der Waals surface area (Å²) in [6.45, 7) is 0. The molecule has 0 saturated heterocycles. The van der Waals surface area contributed by atoms with Gasteiger partial charge in [0.25, 0.3) is 0 Å². The largest absolute Gasteiger partial charge is 0.493 e. The van der Waals surface area contributed by atoms with Crippen molar-refractivity contribution in [3.8, 4) is 11.5 Å². The lowest BCUT2D eigenvalue weighted by molar-refractivity contribution is 0.331. The van der Waals surface area contributed by atoms with Crippen LogP contribution in [0.15, 0.2) is 18.2 Å². The van der Waals surface area contributed by atoms with Crippen molar-refractivity contribution >= 4 is 15.9 Å². The molecule has 21 heavy (non-hydrogen) atoms. The van der Waals surface area contributed by atoms with Gasteiger partial charge in [0.05, 0.1) is 14.2 Å². The second kappa shape index (κ2) is 8.67. The summed E-state index contributed by atoms with van der Waals surface area (Å²) in [5.74, 6) is 2.58. The predicted octanol–water partition coefficient (Wildman–Crippen LogP) is 5.37. The van der Waals surface area contributed by atoms with Crippen molar-refractivity contribution in [2.45, 2.75) is 56.2 Å². The zero-order valence-corrected chi connectivity index (χ0v) is 14.8. The number of alkyl halides is 1. The van der Waals surface area contributed by atoms with Crippen molar-refractivity contribution in [1.29, 1.82) is 0 Å². The Morgan fingerprint density at radius 1 is 1.10 bits per heavy atom. The van der Waals surface area contributed by atoms with E-state index in [0.29, 0.717) is 4.83 Å². The summed E-state index contributed by atoms with van der Waals surface area (Å²) in [6, 6.07) is 6.22. The van der Waals surface area contributed by atoms with Crippen LogP contribution in [-0.4, -0.2) is 19.0 Å². The minimum atomic E-state index is 0.553. The maximum absolute atomic E-state index is 5.37. The fourth-order valence-corrected chi connectivity index (χ4v) is 3.90. The van der Waals surface area contributed by atoms with Gasteiger partial charge in [0.2, 0.25) is 0 Å². The lowest BCUT2D eigenvalue weighted by Crippen LogP contribution is -2.10. The van der Waals surface area contributed by atoms with Gasteiger partial charge in [0.1, 0.15) is 0 Å². The van der Waals surface area contributed by atoms with Crippen molar-refractivity contribution in [2.24, 2.45) is 5.92 Å². The van der Waals surface area contributed by atoms with Gasteiger partial charge in [0.15, 0.2) is 11.5 Å². The molecule has 1 aliphatic carbocycles. The van der Waals surface area contributed by atoms with Crippen LogP contribution in [0.3, 0.4) is 0 Å². The Labute approximate surface area is 137 Å². The number of hydrogen-bond donors (Lipinski definition) is 0. The molecule has 0 radical (unpaired) electrons. The molecule has 0 bridgehead atoms. The van der Waals surface area contributed by atoms with Gasteiger partial charge in [-0.25, -0.2) is 0 Å². The van der Waals surface area contributed by atoms with Crippen LogP contribution in [0.1, 0.15) is 50.5 Å². The number of methoxy groups -OCH3 is 2. The molecule has 1 aliphatic rings. The van der Waals surface area contributed by atoms with Gasteiger partial charge >= 0.3 is 0 Å². The van der Waals surface area contributed by atoms with Gasteiger partial charge in [-0.15, -0.1) is 0 Å².